The fourth-order valence-corrected chi connectivity index (χ4v) is 2.67. The number of likely N-dealkylation sites (tertiary alicyclic amines) is 1. The van der Waals surface area contributed by atoms with Gasteiger partial charge in [0.25, 0.3) is 5.91 Å². The molecule has 116 valence electrons. The summed E-state index contributed by atoms with van der Waals surface area (Å²) in [6, 6.07) is 3.65. The summed E-state index contributed by atoms with van der Waals surface area (Å²) in [6.45, 7) is 4.55. The Labute approximate surface area is 127 Å². The molecule has 1 saturated heterocycles. The molecule has 0 aromatic carbocycles. The smallest absolute Gasteiger partial charge is 0.289 e. The van der Waals surface area contributed by atoms with Crippen LogP contribution >= 0.6 is 0 Å². The van der Waals surface area contributed by atoms with E-state index in [2.05, 4.69) is 10.4 Å². The Morgan fingerprint density at radius 2 is 2.23 bits per heavy atom. The Morgan fingerprint density at radius 1 is 1.41 bits per heavy atom. The van der Waals surface area contributed by atoms with Crippen molar-refractivity contribution in [2.45, 2.75) is 26.3 Å². The number of hydrogen-bond acceptors (Lipinski definition) is 4. The van der Waals surface area contributed by atoms with E-state index in [-0.39, 0.29) is 17.9 Å². The van der Waals surface area contributed by atoms with Crippen LogP contribution in [-0.2, 0) is 4.79 Å². The summed E-state index contributed by atoms with van der Waals surface area (Å²) in [5.74, 6) is 0.695. The molecule has 2 aromatic heterocycles. The van der Waals surface area contributed by atoms with Crippen molar-refractivity contribution in [2.75, 3.05) is 18.4 Å². The first kappa shape index (κ1) is 14.4. The number of nitrogens with zero attached hydrogens (tertiary/aromatic N) is 3. The number of rotatable bonds is 3. The molecule has 0 spiro atoms. The molecule has 1 aliphatic heterocycles. The van der Waals surface area contributed by atoms with Gasteiger partial charge in [0.1, 0.15) is 0 Å². The van der Waals surface area contributed by atoms with Gasteiger partial charge in [0.15, 0.2) is 11.6 Å². The average Bonchev–Trinajstić information content (AvgIpc) is 3.16. The van der Waals surface area contributed by atoms with Gasteiger partial charge in [-0.05, 0) is 19.4 Å². The van der Waals surface area contributed by atoms with Crippen molar-refractivity contribution in [1.82, 2.24) is 14.7 Å². The van der Waals surface area contributed by atoms with Crippen molar-refractivity contribution in [3.8, 4) is 0 Å². The maximum atomic E-state index is 12.4. The highest BCUT2D eigenvalue weighted by molar-refractivity contribution is 5.93. The number of hydrogen-bond donors (Lipinski definition) is 1. The van der Waals surface area contributed by atoms with Crippen LogP contribution in [0.5, 0.6) is 0 Å². The van der Waals surface area contributed by atoms with E-state index in [1.54, 1.807) is 21.7 Å². The number of furan rings is 1. The fraction of sp³-hybridized carbons (Fsp3) is 0.400. The standard InChI is InChI=1S/C15H18N4O3/c1-10-5-8-22-14(10)15(21)18-6-3-12(9-18)19-7-4-13(17-19)16-11(2)20/h4-5,7-8,12H,3,6,9H2,1-2H3,(H,16,17,20)/t12-/m1/s1. The highest BCUT2D eigenvalue weighted by Gasteiger charge is 2.30. The lowest BCUT2D eigenvalue weighted by atomic mass is 10.2. The van der Waals surface area contributed by atoms with Gasteiger partial charge in [-0.25, -0.2) is 0 Å². The molecule has 22 heavy (non-hydrogen) atoms. The van der Waals surface area contributed by atoms with Gasteiger partial charge in [-0.15, -0.1) is 0 Å². The first-order valence-corrected chi connectivity index (χ1v) is 7.20. The lowest BCUT2D eigenvalue weighted by Gasteiger charge is -2.15. The van der Waals surface area contributed by atoms with E-state index in [0.29, 0.717) is 24.7 Å². The van der Waals surface area contributed by atoms with Crippen LogP contribution in [0, 0.1) is 6.92 Å². The predicted octanol–water partition coefficient (Wildman–Crippen LogP) is 1.83. The molecule has 7 nitrogen and oxygen atoms in total. The van der Waals surface area contributed by atoms with Gasteiger partial charge in [-0.3, -0.25) is 14.3 Å². The molecule has 2 amide bonds. The molecule has 0 radical (unpaired) electrons. The van der Waals surface area contributed by atoms with Crippen LogP contribution in [-0.4, -0.2) is 39.6 Å². The van der Waals surface area contributed by atoms with E-state index >= 15 is 0 Å². The van der Waals surface area contributed by atoms with E-state index in [1.165, 1.54) is 13.2 Å². The summed E-state index contributed by atoms with van der Waals surface area (Å²) in [4.78, 5) is 25.2. The third-order valence-electron chi connectivity index (χ3n) is 3.79. The number of nitrogens with one attached hydrogen (secondary N) is 1. The molecule has 7 heteroatoms. The summed E-state index contributed by atoms with van der Waals surface area (Å²) in [7, 11) is 0. The zero-order valence-corrected chi connectivity index (χ0v) is 12.6. The Balaban J connectivity index is 1.67. The second-order valence-electron chi connectivity index (χ2n) is 5.49. The van der Waals surface area contributed by atoms with Gasteiger partial charge in [-0.1, -0.05) is 0 Å². The number of aromatic nitrogens is 2. The molecule has 0 aliphatic carbocycles. The fourth-order valence-electron chi connectivity index (χ4n) is 2.67. The molecule has 1 atom stereocenters. The van der Waals surface area contributed by atoms with Crippen molar-refractivity contribution in [2.24, 2.45) is 0 Å². The Morgan fingerprint density at radius 3 is 2.91 bits per heavy atom. The summed E-state index contributed by atoms with van der Waals surface area (Å²) >= 11 is 0. The van der Waals surface area contributed by atoms with E-state index in [0.717, 1.165) is 12.0 Å². The van der Waals surface area contributed by atoms with Crippen LogP contribution in [0.1, 0.15) is 35.5 Å². The molecule has 0 saturated carbocycles. The maximum Gasteiger partial charge on any atom is 0.289 e. The number of aryl methyl sites for hydroxylation is 1. The molecular weight excluding hydrogens is 284 g/mol. The van der Waals surface area contributed by atoms with Crippen molar-refractivity contribution in [1.29, 1.82) is 0 Å². The number of amides is 2. The van der Waals surface area contributed by atoms with Crippen LogP contribution in [0.4, 0.5) is 5.82 Å². The van der Waals surface area contributed by atoms with Crippen molar-refractivity contribution in [3.63, 3.8) is 0 Å². The number of carbonyl (C=O) groups excluding carboxylic acids is 2. The molecule has 2 aromatic rings. The van der Waals surface area contributed by atoms with Gasteiger partial charge in [0, 0.05) is 37.8 Å². The summed E-state index contributed by atoms with van der Waals surface area (Å²) in [6.07, 6.45) is 4.18. The lowest BCUT2D eigenvalue weighted by Crippen LogP contribution is -2.29. The summed E-state index contributed by atoms with van der Waals surface area (Å²) < 4.78 is 7.07. The third kappa shape index (κ3) is 2.74. The average molecular weight is 302 g/mol. The molecule has 0 bridgehead atoms. The number of carbonyl (C=O) groups is 2. The van der Waals surface area contributed by atoms with Crippen molar-refractivity contribution < 1.29 is 14.0 Å². The third-order valence-corrected chi connectivity index (χ3v) is 3.79. The molecule has 1 fully saturated rings. The van der Waals surface area contributed by atoms with Gasteiger partial charge in [0.2, 0.25) is 5.91 Å². The summed E-state index contributed by atoms with van der Waals surface area (Å²) in [5, 5.41) is 6.98. The largest absolute Gasteiger partial charge is 0.459 e. The molecule has 1 N–H and O–H groups in total. The van der Waals surface area contributed by atoms with E-state index in [9.17, 15) is 9.59 Å². The van der Waals surface area contributed by atoms with Crippen LogP contribution in [0.3, 0.4) is 0 Å². The quantitative estimate of drug-likeness (QED) is 0.938. The monoisotopic (exact) mass is 302 g/mol. The highest BCUT2D eigenvalue weighted by Crippen LogP contribution is 2.24. The van der Waals surface area contributed by atoms with Crippen LogP contribution in [0.25, 0.3) is 0 Å². The van der Waals surface area contributed by atoms with Crippen molar-refractivity contribution in [3.05, 3.63) is 35.9 Å². The Kier molecular flexibility index (Phi) is 3.70. The van der Waals surface area contributed by atoms with Gasteiger partial charge in [-0.2, -0.15) is 5.10 Å². The maximum absolute atomic E-state index is 12.4. The van der Waals surface area contributed by atoms with Crippen LogP contribution < -0.4 is 5.32 Å². The minimum Gasteiger partial charge on any atom is -0.459 e. The van der Waals surface area contributed by atoms with E-state index in [1.807, 2.05) is 13.1 Å². The highest BCUT2D eigenvalue weighted by atomic mass is 16.3. The molecule has 0 unspecified atom stereocenters. The van der Waals surface area contributed by atoms with Gasteiger partial charge >= 0.3 is 0 Å². The molecular formula is C15H18N4O3. The molecule has 1 aliphatic rings. The second kappa shape index (κ2) is 5.67. The Hall–Kier alpha value is -2.57. The van der Waals surface area contributed by atoms with Gasteiger partial charge in [0.05, 0.1) is 12.3 Å². The van der Waals surface area contributed by atoms with Crippen LogP contribution in [0.2, 0.25) is 0 Å². The predicted molar refractivity (Wildman–Crippen MR) is 79.5 cm³/mol. The van der Waals surface area contributed by atoms with Crippen LogP contribution in [0.15, 0.2) is 29.0 Å². The zero-order chi connectivity index (χ0) is 15.7. The van der Waals surface area contributed by atoms with Crippen molar-refractivity contribution >= 4 is 17.6 Å². The normalized spacial score (nSPS) is 17.7. The van der Waals surface area contributed by atoms with E-state index < -0.39 is 0 Å². The zero-order valence-electron chi connectivity index (χ0n) is 12.6. The lowest BCUT2D eigenvalue weighted by molar-refractivity contribution is -0.114. The minimum atomic E-state index is -0.151. The summed E-state index contributed by atoms with van der Waals surface area (Å²) in [5.41, 5.74) is 0.848. The minimum absolute atomic E-state index is 0.0840. The molecule has 3 heterocycles. The molecule has 3 rings (SSSR count). The SMILES string of the molecule is CC(=O)Nc1ccn([C@@H]2CCN(C(=O)c3occc3C)C2)n1. The van der Waals surface area contributed by atoms with E-state index in [4.69, 9.17) is 4.42 Å². The second-order valence-corrected chi connectivity index (χ2v) is 5.49. The first-order chi connectivity index (χ1) is 10.5. The topological polar surface area (TPSA) is 80.4 Å². The van der Waals surface area contributed by atoms with Gasteiger partial charge < -0.3 is 14.6 Å². The Bertz CT molecular complexity index is 703. The first-order valence-electron chi connectivity index (χ1n) is 7.20. The number of anilines is 1.